The van der Waals surface area contributed by atoms with Gasteiger partial charge in [-0.2, -0.15) is 0 Å². The van der Waals surface area contributed by atoms with Crippen LogP contribution in [0, 0.1) is 5.92 Å². The van der Waals surface area contributed by atoms with Crippen LogP contribution < -0.4 is 10.6 Å². The Labute approximate surface area is 137 Å². The summed E-state index contributed by atoms with van der Waals surface area (Å²) in [5.74, 6) is 0.476. The van der Waals surface area contributed by atoms with Gasteiger partial charge in [0.25, 0.3) is 0 Å². The quantitative estimate of drug-likeness (QED) is 0.533. The Morgan fingerprint density at radius 3 is 2.10 bits per heavy atom. The number of hydrogen-bond acceptors (Lipinski definition) is 2. The third-order valence-electron chi connectivity index (χ3n) is 4.26. The highest BCUT2D eigenvalue weighted by Gasteiger charge is 2.21. The van der Waals surface area contributed by atoms with E-state index in [2.05, 4.69) is 17.6 Å². The number of halogens is 1. The first kappa shape index (κ1) is 20.7. The summed E-state index contributed by atoms with van der Waals surface area (Å²) in [5.41, 5.74) is 0. The van der Waals surface area contributed by atoms with E-state index in [1.54, 1.807) is 0 Å². The molecule has 0 radical (unpaired) electrons. The predicted octanol–water partition coefficient (Wildman–Crippen LogP) is 4.05. The molecule has 0 spiro atoms. The summed E-state index contributed by atoms with van der Waals surface area (Å²) in [5, 5.41) is 6.31. The average Bonchev–Trinajstić information content (AvgIpc) is 2.99. The fraction of sp³-hybridized carbons (Fsp3) is 0.941. The van der Waals surface area contributed by atoms with E-state index in [0.29, 0.717) is 0 Å². The fourth-order valence-electron chi connectivity index (χ4n) is 2.85. The van der Waals surface area contributed by atoms with Gasteiger partial charge in [-0.1, -0.05) is 64.7 Å². The third-order valence-corrected chi connectivity index (χ3v) is 4.26. The lowest BCUT2D eigenvalue weighted by Crippen LogP contribution is -2.32. The van der Waals surface area contributed by atoms with Gasteiger partial charge in [0, 0.05) is 13.1 Å². The summed E-state index contributed by atoms with van der Waals surface area (Å²) in [4.78, 5) is 11.8. The molecule has 1 heterocycles. The minimum Gasteiger partial charge on any atom is -0.356 e. The molecule has 1 atom stereocenters. The maximum absolute atomic E-state index is 11.8. The van der Waals surface area contributed by atoms with E-state index in [4.69, 9.17) is 0 Å². The van der Waals surface area contributed by atoms with Crippen molar-refractivity contribution >= 4 is 18.3 Å². The van der Waals surface area contributed by atoms with Crippen molar-refractivity contribution in [3.05, 3.63) is 0 Å². The maximum Gasteiger partial charge on any atom is 0.224 e. The minimum absolute atomic E-state index is 0. The molecule has 1 unspecified atom stereocenters. The Morgan fingerprint density at radius 2 is 1.57 bits per heavy atom. The van der Waals surface area contributed by atoms with Gasteiger partial charge in [-0.15, -0.1) is 12.4 Å². The van der Waals surface area contributed by atoms with Crippen LogP contribution in [0.15, 0.2) is 0 Å². The summed E-state index contributed by atoms with van der Waals surface area (Å²) in [6.45, 7) is 4.99. The molecule has 0 aromatic heterocycles. The van der Waals surface area contributed by atoms with Crippen LogP contribution in [-0.2, 0) is 4.79 Å². The van der Waals surface area contributed by atoms with Crippen molar-refractivity contribution in [1.29, 1.82) is 0 Å². The Balaban J connectivity index is 0.00000400. The largest absolute Gasteiger partial charge is 0.356 e. The van der Waals surface area contributed by atoms with E-state index in [9.17, 15) is 4.79 Å². The van der Waals surface area contributed by atoms with Crippen molar-refractivity contribution in [1.82, 2.24) is 10.6 Å². The first-order valence-corrected chi connectivity index (χ1v) is 8.83. The molecule has 0 aliphatic carbocycles. The Kier molecular flexibility index (Phi) is 14.5. The predicted molar refractivity (Wildman–Crippen MR) is 93.1 cm³/mol. The molecule has 1 amide bonds. The number of nitrogens with one attached hydrogen (secondary N) is 2. The van der Waals surface area contributed by atoms with Crippen molar-refractivity contribution in [2.24, 2.45) is 5.92 Å². The molecule has 0 bridgehead atoms. The number of amides is 1. The molecule has 126 valence electrons. The molecule has 1 saturated heterocycles. The SMILES string of the molecule is CCCCCCCCCCCCNC(=O)C1CCNC1.Cl. The second kappa shape index (κ2) is 14.6. The first-order valence-electron chi connectivity index (χ1n) is 8.83. The van der Waals surface area contributed by atoms with Crippen molar-refractivity contribution in [2.45, 2.75) is 77.6 Å². The van der Waals surface area contributed by atoms with Gasteiger partial charge < -0.3 is 10.6 Å². The van der Waals surface area contributed by atoms with Crippen LogP contribution in [0.4, 0.5) is 0 Å². The highest BCUT2D eigenvalue weighted by atomic mass is 35.5. The lowest BCUT2D eigenvalue weighted by Gasteiger charge is -2.09. The Morgan fingerprint density at radius 1 is 1.00 bits per heavy atom. The summed E-state index contributed by atoms with van der Waals surface area (Å²) in [7, 11) is 0. The molecule has 4 heteroatoms. The third kappa shape index (κ3) is 11.0. The molecule has 0 saturated carbocycles. The van der Waals surface area contributed by atoms with Gasteiger partial charge in [-0.3, -0.25) is 4.79 Å². The Bertz CT molecular complexity index is 243. The average molecular weight is 319 g/mol. The molecule has 3 nitrogen and oxygen atoms in total. The zero-order valence-corrected chi connectivity index (χ0v) is 14.6. The molecule has 0 aromatic carbocycles. The van der Waals surface area contributed by atoms with Crippen molar-refractivity contribution in [3.63, 3.8) is 0 Å². The zero-order chi connectivity index (χ0) is 14.5. The number of rotatable bonds is 12. The topological polar surface area (TPSA) is 41.1 Å². The van der Waals surface area contributed by atoms with Crippen LogP contribution >= 0.6 is 12.4 Å². The molecule has 21 heavy (non-hydrogen) atoms. The second-order valence-corrected chi connectivity index (χ2v) is 6.16. The summed E-state index contributed by atoms with van der Waals surface area (Å²) >= 11 is 0. The van der Waals surface area contributed by atoms with Crippen LogP contribution in [0.3, 0.4) is 0 Å². The van der Waals surface area contributed by atoms with E-state index in [0.717, 1.165) is 32.5 Å². The van der Waals surface area contributed by atoms with Gasteiger partial charge in [-0.25, -0.2) is 0 Å². The summed E-state index contributed by atoms with van der Waals surface area (Å²) in [6, 6.07) is 0. The van der Waals surface area contributed by atoms with Gasteiger partial charge >= 0.3 is 0 Å². The van der Waals surface area contributed by atoms with E-state index in [1.807, 2.05) is 0 Å². The van der Waals surface area contributed by atoms with Crippen LogP contribution in [0.5, 0.6) is 0 Å². The molecule has 2 N–H and O–H groups in total. The monoisotopic (exact) mass is 318 g/mol. The summed E-state index contributed by atoms with van der Waals surface area (Å²) < 4.78 is 0. The van der Waals surface area contributed by atoms with Crippen LogP contribution in [0.25, 0.3) is 0 Å². The lowest BCUT2D eigenvalue weighted by atomic mass is 10.1. The lowest BCUT2D eigenvalue weighted by molar-refractivity contribution is -0.124. The van der Waals surface area contributed by atoms with Crippen molar-refractivity contribution in [3.8, 4) is 0 Å². The first-order chi connectivity index (χ1) is 9.84. The van der Waals surface area contributed by atoms with Crippen LogP contribution in [-0.4, -0.2) is 25.5 Å². The van der Waals surface area contributed by atoms with Gasteiger partial charge in [0.05, 0.1) is 5.92 Å². The highest BCUT2D eigenvalue weighted by Crippen LogP contribution is 2.10. The van der Waals surface area contributed by atoms with Crippen LogP contribution in [0.2, 0.25) is 0 Å². The van der Waals surface area contributed by atoms with Crippen molar-refractivity contribution < 1.29 is 4.79 Å². The normalized spacial score (nSPS) is 17.5. The van der Waals surface area contributed by atoms with Crippen molar-refractivity contribution in [2.75, 3.05) is 19.6 Å². The summed E-state index contributed by atoms with van der Waals surface area (Å²) in [6.07, 6.45) is 14.5. The van der Waals surface area contributed by atoms with Crippen LogP contribution in [0.1, 0.15) is 77.6 Å². The molecular weight excluding hydrogens is 284 g/mol. The number of carbonyl (C=O) groups is 1. The Hall–Kier alpha value is -0.280. The van der Waals surface area contributed by atoms with E-state index < -0.39 is 0 Å². The number of carbonyl (C=O) groups excluding carboxylic acids is 1. The fourth-order valence-corrected chi connectivity index (χ4v) is 2.85. The zero-order valence-electron chi connectivity index (χ0n) is 13.8. The molecule has 0 aromatic rings. The molecule has 1 fully saturated rings. The number of unbranched alkanes of at least 4 members (excludes halogenated alkanes) is 9. The van der Waals surface area contributed by atoms with Gasteiger partial charge in [-0.05, 0) is 19.4 Å². The molecule has 1 aliphatic heterocycles. The van der Waals surface area contributed by atoms with E-state index in [-0.39, 0.29) is 24.2 Å². The molecule has 1 aliphatic rings. The van der Waals surface area contributed by atoms with Gasteiger partial charge in [0.1, 0.15) is 0 Å². The maximum atomic E-state index is 11.8. The van der Waals surface area contributed by atoms with Gasteiger partial charge in [0.15, 0.2) is 0 Å². The smallest absolute Gasteiger partial charge is 0.224 e. The van der Waals surface area contributed by atoms with E-state index >= 15 is 0 Å². The molecule has 1 rings (SSSR count). The highest BCUT2D eigenvalue weighted by molar-refractivity contribution is 5.85. The van der Waals surface area contributed by atoms with E-state index in [1.165, 1.54) is 57.8 Å². The second-order valence-electron chi connectivity index (χ2n) is 6.16. The number of hydrogen-bond donors (Lipinski definition) is 2. The minimum atomic E-state index is 0. The molecular formula is C17H35ClN2O. The standard InChI is InChI=1S/C17H34N2O.ClH/c1-2-3-4-5-6-7-8-9-10-11-13-19-17(20)16-12-14-18-15-16;/h16,18H,2-15H2,1H3,(H,19,20);1H. The van der Waals surface area contributed by atoms with Gasteiger partial charge in [0.2, 0.25) is 5.91 Å².